The number of pyridine rings is 1. The van der Waals surface area contributed by atoms with Crippen LogP contribution in [0.15, 0.2) is 47.2 Å². The minimum absolute atomic E-state index is 0.101. The molecule has 18 heavy (non-hydrogen) atoms. The van der Waals surface area contributed by atoms with Gasteiger partial charge in [0, 0.05) is 18.0 Å². The van der Waals surface area contributed by atoms with Crippen LogP contribution in [0.25, 0.3) is 16.9 Å². The van der Waals surface area contributed by atoms with Gasteiger partial charge >= 0.3 is 0 Å². The molecule has 0 amide bonds. The van der Waals surface area contributed by atoms with Crippen LogP contribution in [0.1, 0.15) is 0 Å². The monoisotopic (exact) mass is 324 g/mol. The van der Waals surface area contributed by atoms with Gasteiger partial charge in [-0.25, -0.2) is 9.37 Å². The summed E-state index contributed by atoms with van der Waals surface area (Å²) in [6.45, 7) is 0. The minimum atomic E-state index is -0.426. The fourth-order valence-electron chi connectivity index (χ4n) is 1.77. The van der Waals surface area contributed by atoms with E-state index in [0.717, 1.165) is 21.4 Å². The quantitative estimate of drug-likeness (QED) is 0.641. The smallest absolute Gasteiger partial charge is 0.151 e. The van der Waals surface area contributed by atoms with E-state index in [2.05, 4.69) is 20.9 Å². The van der Waals surface area contributed by atoms with Gasteiger partial charge in [-0.1, -0.05) is 11.6 Å². The topological polar surface area (TPSA) is 17.3 Å². The molecule has 3 aromatic rings. The highest BCUT2D eigenvalue weighted by atomic mass is 79.9. The van der Waals surface area contributed by atoms with Gasteiger partial charge in [-0.3, -0.25) is 0 Å². The van der Waals surface area contributed by atoms with Crippen molar-refractivity contribution in [3.63, 3.8) is 0 Å². The van der Waals surface area contributed by atoms with Gasteiger partial charge in [0.15, 0.2) is 5.65 Å². The minimum Gasteiger partial charge on any atom is -0.306 e. The fourth-order valence-corrected chi connectivity index (χ4v) is 2.40. The summed E-state index contributed by atoms with van der Waals surface area (Å²) in [6, 6.07) is 8.42. The molecule has 0 unspecified atom stereocenters. The summed E-state index contributed by atoms with van der Waals surface area (Å²) in [7, 11) is 0. The number of fused-ring (bicyclic) bond motifs is 1. The Morgan fingerprint density at radius 3 is 2.83 bits per heavy atom. The van der Waals surface area contributed by atoms with Crippen molar-refractivity contribution >= 4 is 33.2 Å². The van der Waals surface area contributed by atoms with Crippen LogP contribution in [-0.2, 0) is 0 Å². The van der Waals surface area contributed by atoms with Crippen molar-refractivity contribution < 1.29 is 4.39 Å². The van der Waals surface area contributed by atoms with E-state index < -0.39 is 5.82 Å². The molecule has 0 radical (unpaired) electrons. The molecule has 0 saturated heterocycles. The lowest BCUT2D eigenvalue weighted by molar-refractivity contribution is 0.628. The summed E-state index contributed by atoms with van der Waals surface area (Å²) in [6.07, 6.45) is 3.78. The molecule has 3 rings (SSSR count). The zero-order valence-electron chi connectivity index (χ0n) is 9.07. The van der Waals surface area contributed by atoms with Gasteiger partial charge in [0.25, 0.3) is 0 Å². The molecule has 0 spiro atoms. The van der Waals surface area contributed by atoms with Crippen molar-refractivity contribution in [3.05, 3.63) is 58.0 Å². The van der Waals surface area contributed by atoms with E-state index in [9.17, 15) is 4.39 Å². The average Bonchev–Trinajstić information content (AvgIpc) is 2.78. The number of imidazole rings is 1. The van der Waals surface area contributed by atoms with Crippen molar-refractivity contribution in [2.45, 2.75) is 0 Å². The standard InChI is InChI=1S/C13H7BrClFN2/c14-9-2-1-5-18-7-12(17-13(9)18)8-3-4-11(16)10(15)6-8/h1-7H. The zero-order valence-corrected chi connectivity index (χ0v) is 11.4. The molecule has 0 bridgehead atoms. The van der Waals surface area contributed by atoms with E-state index in [1.807, 2.05) is 28.9 Å². The highest BCUT2D eigenvalue weighted by Crippen LogP contribution is 2.26. The third-order valence-corrected chi connectivity index (χ3v) is 3.56. The van der Waals surface area contributed by atoms with Crippen molar-refractivity contribution in [2.75, 3.05) is 0 Å². The summed E-state index contributed by atoms with van der Waals surface area (Å²) in [5.41, 5.74) is 2.36. The number of hydrogen-bond donors (Lipinski definition) is 0. The Bertz CT molecular complexity index is 739. The Hall–Kier alpha value is -1.39. The predicted molar refractivity (Wildman–Crippen MR) is 73.3 cm³/mol. The molecule has 0 aliphatic carbocycles. The molecule has 1 aromatic carbocycles. The van der Waals surface area contributed by atoms with Gasteiger partial charge < -0.3 is 4.40 Å². The van der Waals surface area contributed by atoms with Crippen LogP contribution in [-0.4, -0.2) is 9.38 Å². The highest BCUT2D eigenvalue weighted by molar-refractivity contribution is 9.10. The molecule has 5 heteroatoms. The van der Waals surface area contributed by atoms with Crippen LogP contribution in [0.2, 0.25) is 5.02 Å². The van der Waals surface area contributed by atoms with E-state index in [4.69, 9.17) is 11.6 Å². The molecule has 2 aromatic heterocycles. The first kappa shape index (κ1) is 11.7. The second-order valence-corrected chi connectivity index (χ2v) is 5.10. The lowest BCUT2D eigenvalue weighted by atomic mass is 10.2. The second kappa shape index (κ2) is 4.37. The Kier molecular flexibility index (Phi) is 2.84. The fraction of sp³-hybridized carbons (Fsp3) is 0. The molecule has 90 valence electrons. The van der Waals surface area contributed by atoms with Gasteiger partial charge in [0.05, 0.1) is 15.2 Å². The second-order valence-electron chi connectivity index (χ2n) is 3.84. The number of aromatic nitrogens is 2. The first-order valence-corrected chi connectivity index (χ1v) is 6.41. The van der Waals surface area contributed by atoms with Crippen LogP contribution in [0.4, 0.5) is 4.39 Å². The molecular formula is C13H7BrClFN2. The van der Waals surface area contributed by atoms with Gasteiger partial charge in [-0.15, -0.1) is 0 Å². The molecule has 0 atom stereocenters. The van der Waals surface area contributed by atoms with Gasteiger partial charge in [-0.2, -0.15) is 0 Å². The molecule has 0 aliphatic heterocycles. The van der Waals surface area contributed by atoms with Crippen molar-refractivity contribution in [1.82, 2.24) is 9.38 Å². The van der Waals surface area contributed by atoms with Crippen molar-refractivity contribution in [1.29, 1.82) is 0 Å². The van der Waals surface area contributed by atoms with Crippen molar-refractivity contribution in [3.8, 4) is 11.3 Å². The lowest BCUT2D eigenvalue weighted by Gasteiger charge is -1.97. The normalized spacial score (nSPS) is 11.1. The maximum atomic E-state index is 13.1. The number of halogens is 3. The highest BCUT2D eigenvalue weighted by Gasteiger charge is 2.08. The molecule has 0 saturated carbocycles. The van der Waals surface area contributed by atoms with Crippen LogP contribution >= 0.6 is 27.5 Å². The Balaban J connectivity index is 2.19. The van der Waals surface area contributed by atoms with Crippen LogP contribution in [0.3, 0.4) is 0 Å². The molecule has 2 heterocycles. The van der Waals surface area contributed by atoms with Crippen LogP contribution in [0.5, 0.6) is 0 Å². The summed E-state index contributed by atoms with van der Waals surface area (Å²) in [5.74, 6) is -0.426. The van der Waals surface area contributed by atoms with Crippen LogP contribution < -0.4 is 0 Å². The molecule has 2 nitrogen and oxygen atoms in total. The Morgan fingerprint density at radius 1 is 1.28 bits per heavy atom. The predicted octanol–water partition coefficient (Wildman–Crippen LogP) is 4.56. The number of benzene rings is 1. The summed E-state index contributed by atoms with van der Waals surface area (Å²) in [5, 5.41) is 0.101. The average molecular weight is 326 g/mol. The molecule has 0 N–H and O–H groups in total. The SMILES string of the molecule is Fc1ccc(-c2cn3cccc(Br)c3n2)cc1Cl. The number of nitrogens with zero attached hydrogens (tertiary/aromatic N) is 2. The third-order valence-electron chi connectivity index (χ3n) is 2.65. The van der Waals surface area contributed by atoms with Gasteiger partial charge in [-0.05, 0) is 46.3 Å². The summed E-state index contributed by atoms with van der Waals surface area (Å²) >= 11 is 9.21. The third kappa shape index (κ3) is 1.91. The van der Waals surface area contributed by atoms with Gasteiger partial charge in [0.2, 0.25) is 0 Å². The largest absolute Gasteiger partial charge is 0.306 e. The van der Waals surface area contributed by atoms with E-state index in [1.54, 1.807) is 12.1 Å². The first-order chi connectivity index (χ1) is 8.65. The maximum absolute atomic E-state index is 13.1. The summed E-state index contributed by atoms with van der Waals surface area (Å²) in [4.78, 5) is 4.49. The van der Waals surface area contributed by atoms with E-state index >= 15 is 0 Å². The van der Waals surface area contributed by atoms with Gasteiger partial charge in [0.1, 0.15) is 5.82 Å². The molecule has 0 fully saturated rings. The zero-order chi connectivity index (χ0) is 12.7. The number of rotatable bonds is 1. The Labute approximate surface area is 116 Å². The number of hydrogen-bond acceptors (Lipinski definition) is 1. The van der Waals surface area contributed by atoms with E-state index in [-0.39, 0.29) is 5.02 Å². The van der Waals surface area contributed by atoms with Crippen LogP contribution in [0, 0.1) is 5.82 Å². The maximum Gasteiger partial charge on any atom is 0.151 e. The molecular weight excluding hydrogens is 319 g/mol. The van der Waals surface area contributed by atoms with Crippen molar-refractivity contribution in [2.24, 2.45) is 0 Å². The first-order valence-electron chi connectivity index (χ1n) is 5.24. The summed E-state index contributed by atoms with van der Waals surface area (Å²) < 4.78 is 15.9. The lowest BCUT2D eigenvalue weighted by Crippen LogP contribution is -1.81. The van der Waals surface area contributed by atoms with E-state index in [1.165, 1.54) is 6.07 Å². The molecule has 0 aliphatic rings. The Morgan fingerprint density at radius 2 is 2.11 bits per heavy atom. The van der Waals surface area contributed by atoms with E-state index in [0.29, 0.717) is 0 Å².